The smallest absolute Gasteiger partial charge is 0.303 e. The van der Waals surface area contributed by atoms with Crippen LogP contribution < -0.4 is 4.74 Å². The summed E-state index contributed by atoms with van der Waals surface area (Å²) >= 11 is 0. The van der Waals surface area contributed by atoms with Crippen LogP contribution in [0.3, 0.4) is 0 Å². The average Bonchev–Trinajstić information content (AvgIpc) is 3.36. The first-order chi connectivity index (χ1) is 13.8. The topological polar surface area (TPSA) is 46.5 Å². The Morgan fingerprint density at radius 3 is 2.59 bits per heavy atom. The monoisotopic (exact) mass is 410 g/mol. The highest BCUT2D eigenvalue weighted by atomic mass is 19.3. The lowest BCUT2D eigenvalue weighted by atomic mass is 9.94. The van der Waals surface area contributed by atoms with Gasteiger partial charge in [0.05, 0.1) is 0 Å². The number of allylic oxidation sites excluding steroid dienone is 1. The minimum atomic E-state index is -3.24. The molecule has 0 amide bonds. The lowest BCUT2D eigenvalue weighted by Gasteiger charge is -2.21. The number of carboxylic acids is 1. The zero-order valence-corrected chi connectivity index (χ0v) is 16.9. The maximum atomic E-state index is 14.6. The lowest BCUT2D eigenvalue weighted by Crippen LogP contribution is -2.17. The molecule has 29 heavy (non-hydrogen) atoms. The van der Waals surface area contributed by atoms with Gasteiger partial charge in [0.25, 0.3) is 5.92 Å². The van der Waals surface area contributed by atoms with Crippen LogP contribution in [0, 0.1) is 11.7 Å². The maximum Gasteiger partial charge on any atom is 0.303 e. The minimum absolute atomic E-state index is 0.0786. The van der Waals surface area contributed by atoms with Crippen molar-refractivity contribution in [3.05, 3.63) is 40.2 Å². The minimum Gasteiger partial charge on any atom is -0.489 e. The van der Waals surface area contributed by atoms with Crippen LogP contribution in [0.1, 0.15) is 75.8 Å². The van der Waals surface area contributed by atoms with Crippen molar-refractivity contribution in [2.24, 2.45) is 5.92 Å². The molecule has 2 aliphatic carbocycles. The van der Waals surface area contributed by atoms with Gasteiger partial charge in [0.15, 0.2) is 0 Å². The van der Waals surface area contributed by atoms with E-state index < -0.39 is 36.1 Å². The number of carboxylic acid groups (broad SMARTS) is 1. The van der Waals surface area contributed by atoms with Gasteiger partial charge in [-0.25, -0.2) is 13.2 Å². The van der Waals surface area contributed by atoms with Crippen LogP contribution in [0.5, 0.6) is 5.75 Å². The SMILES string of the molecule is CCC(F)(F)c1cc(OCC2=C(C3CCCC3)CCC2)cc(F)c1CCC(=O)O. The summed E-state index contributed by atoms with van der Waals surface area (Å²) in [6.45, 7) is 1.63. The first-order valence-electron chi connectivity index (χ1n) is 10.6. The fraction of sp³-hybridized carbons (Fsp3) is 0.609. The van der Waals surface area contributed by atoms with E-state index in [9.17, 15) is 18.0 Å². The maximum absolute atomic E-state index is 14.6. The van der Waals surface area contributed by atoms with Crippen LogP contribution >= 0.6 is 0 Å². The summed E-state index contributed by atoms with van der Waals surface area (Å²) in [6, 6.07) is 2.30. The highest BCUT2D eigenvalue weighted by Crippen LogP contribution is 2.41. The zero-order chi connectivity index (χ0) is 21.0. The summed E-state index contributed by atoms with van der Waals surface area (Å²) in [6.07, 6.45) is 6.86. The predicted octanol–water partition coefficient (Wildman–Crippen LogP) is 6.39. The zero-order valence-electron chi connectivity index (χ0n) is 16.9. The van der Waals surface area contributed by atoms with Gasteiger partial charge in [0.1, 0.15) is 18.2 Å². The van der Waals surface area contributed by atoms with E-state index in [4.69, 9.17) is 9.84 Å². The number of halogens is 3. The molecule has 0 aromatic heterocycles. The predicted molar refractivity (Wildman–Crippen MR) is 105 cm³/mol. The molecule has 3 nitrogen and oxygen atoms in total. The largest absolute Gasteiger partial charge is 0.489 e. The standard InChI is InChI=1S/C23H29F3O3/c1-2-23(25,26)20-12-17(13-21(24)19(20)10-11-22(27)28)29-14-16-8-5-9-18(16)15-6-3-4-7-15/h12-13,15H,2-11,14H2,1H3,(H,27,28). The van der Waals surface area contributed by atoms with Gasteiger partial charge < -0.3 is 9.84 Å². The molecular formula is C23H29F3O3. The van der Waals surface area contributed by atoms with Gasteiger partial charge in [-0.2, -0.15) is 0 Å². The number of hydrogen-bond acceptors (Lipinski definition) is 2. The molecule has 160 valence electrons. The van der Waals surface area contributed by atoms with Crippen molar-refractivity contribution < 1.29 is 27.8 Å². The molecule has 1 saturated carbocycles. The van der Waals surface area contributed by atoms with Crippen molar-refractivity contribution in [3.63, 3.8) is 0 Å². The molecule has 0 heterocycles. The summed E-state index contributed by atoms with van der Waals surface area (Å²) in [5, 5.41) is 8.85. The number of ether oxygens (including phenoxy) is 1. The molecule has 0 atom stereocenters. The summed E-state index contributed by atoms with van der Waals surface area (Å²) in [4.78, 5) is 10.8. The molecule has 1 fully saturated rings. The number of benzene rings is 1. The number of rotatable bonds is 9. The van der Waals surface area contributed by atoms with Gasteiger partial charge in [0.2, 0.25) is 0 Å². The quantitative estimate of drug-likeness (QED) is 0.480. The van der Waals surface area contributed by atoms with Crippen LogP contribution in [0.4, 0.5) is 13.2 Å². The highest BCUT2D eigenvalue weighted by Gasteiger charge is 2.34. The Morgan fingerprint density at radius 1 is 1.21 bits per heavy atom. The summed E-state index contributed by atoms with van der Waals surface area (Å²) in [5.74, 6) is -4.53. The van der Waals surface area contributed by atoms with E-state index >= 15 is 0 Å². The van der Waals surface area contributed by atoms with Crippen molar-refractivity contribution in [2.75, 3.05) is 6.61 Å². The molecule has 0 unspecified atom stereocenters. The summed E-state index contributed by atoms with van der Waals surface area (Å²) in [5.41, 5.74) is 1.99. The molecule has 1 aromatic carbocycles. The number of hydrogen-bond donors (Lipinski definition) is 1. The molecule has 0 bridgehead atoms. The molecular weight excluding hydrogens is 381 g/mol. The Kier molecular flexibility index (Phi) is 6.91. The Bertz CT molecular complexity index is 780. The van der Waals surface area contributed by atoms with Gasteiger partial charge in [-0.05, 0) is 61.6 Å². The molecule has 1 aromatic rings. The molecule has 2 aliphatic rings. The van der Waals surface area contributed by atoms with Crippen molar-refractivity contribution in [1.29, 1.82) is 0 Å². The van der Waals surface area contributed by atoms with Gasteiger partial charge in [-0.1, -0.05) is 25.3 Å². The molecule has 0 aliphatic heterocycles. The van der Waals surface area contributed by atoms with Crippen molar-refractivity contribution in [2.45, 2.75) is 77.1 Å². The second-order valence-electron chi connectivity index (χ2n) is 8.14. The summed E-state index contributed by atoms with van der Waals surface area (Å²) in [7, 11) is 0. The second-order valence-corrected chi connectivity index (χ2v) is 8.14. The van der Waals surface area contributed by atoms with E-state index in [1.165, 1.54) is 49.8 Å². The van der Waals surface area contributed by atoms with E-state index in [-0.39, 0.29) is 17.7 Å². The first-order valence-corrected chi connectivity index (χ1v) is 10.6. The second kappa shape index (κ2) is 9.23. The lowest BCUT2D eigenvalue weighted by molar-refractivity contribution is -0.137. The Labute approximate surface area is 170 Å². The van der Waals surface area contributed by atoms with Crippen LogP contribution in [-0.2, 0) is 17.1 Å². The molecule has 6 heteroatoms. The normalized spacial score (nSPS) is 17.9. The number of alkyl halides is 2. The Hall–Kier alpha value is -1.98. The van der Waals surface area contributed by atoms with E-state index in [1.807, 2.05) is 0 Å². The number of aliphatic carboxylic acids is 1. The Balaban J connectivity index is 1.82. The van der Waals surface area contributed by atoms with Crippen molar-refractivity contribution in [3.8, 4) is 5.75 Å². The molecule has 3 rings (SSSR count). The van der Waals surface area contributed by atoms with E-state index in [1.54, 1.807) is 0 Å². The van der Waals surface area contributed by atoms with Gasteiger partial charge in [-0.15, -0.1) is 0 Å². The van der Waals surface area contributed by atoms with Gasteiger partial charge >= 0.3 is 5.97 Å². The van der Waals surface area contributed by atoms with Crippen molar-refractivity contribution >= 4 is 5.97 Å². The van der Waals surface area contributed by atoms with Gasteiger partial charge in [0, 0.05) is 24.5 Å². The Morgan fingerprint density at radius 2 is 1.93 bits per heavy atom. The van der Waals surface area contributed by atoms with Crippen LogP contribution in [0.15, 0.2) is 23.3 Å². The fourth-order valence-corrected chi connectivity index (χ4v) is 4.63. The van der Waals surface area contributed by atoms with E-state index in [0.29, 0.717) is 12.5 Å². The molecule has 0 saturated heterocycles. The van der Waals surface area contributed by atoms with E-state index in [2.05, 4.69) is 0 Å². The summed E-state index contributed by atoms with van der Waals surface area (Å²) < 4.78 is 49.3. The van der Waals surface area contributed by atoms with Crippen molar-refractivity contribution in [1.82, 2.24) is 0 Å². The van der Waals surface area contributed by atoms with E-state index in [0.717, 1.165) is 25.3 Å². The molecule has 0 spiro atoms. The fourth-order valence-electron chi connectivity index (χ4n) is 4.63. The third kappa shape index (κ3) is 5.14. The van der Waals surface area contributed by atoms with Gasteiger partial charge in [-0.3, -0.25) is 4.79 Å². The van der Waals surface area contributed by atoms with Crippen LogP contribution in [0.25, 0.3) is 0 Å². The molecule has 1 N–H and O–H groups in total. The van der Waals surface area contributed by atoms with Crippen LogP contribution in [-0.4, -0.2) is 17.7 Å². The first kappa shape index (κ1) is 21.7. The number of carbonyl (C=O) groups is 1. The average molecular weight is 410 g/mol. The van der Waals surface area contributed by atoms with Crippen LogP contribution in [0.2, 0.25) is 0 Å². The molecule has 0 radical (unpaired) electrons. The third-order valence-electron chi connectivity index (χ3n) is 6.24. The highest BCUT2D eigenvalue weighted by molar-refractivity contribution is 5.67. The third-order valence-corrected chi connectivity index (χ3v) is 6.24.